The lowest BCUT2D eigenvalue weighted by atomic mass is 9.80. The van der Waals surface area contributed by atoms with Crippen LogP contribution in [0.3, 0.4) is 0 Å². The summed E-state index contributed by atoms with van der Waals surface area (Å²) in [5.41, 5.74) is 3.07. The van der Waals surface area contributed by atoms with Crippen LogP contribution in [0.4, 0.5) is 5.82 Å². The van der Waals surface area contributed by atoms with Crippen LogP contribution in [0.1, 0.15) is 42.1 Å². The molecule has 8 heteroatoms. The van der Waals surface area contributed by atoms with Crippen LogP contribution in [0, 0.1) is 5.41 Å². The van der Waals surface area contributed by atoms with Crippen molar-refractivity contribution in [2.45, 2.75) is 31.6 Å². The van der Waals surface area contributed by atoms with Gasteiger partial charge in [-0.05, 0) is 49.1 Å². The summed E-state index contributed by atoms with van der Waals surface area (Å²) in [6, 6.07) is 11.3. The van der Waals surface area contributed by atoms with Gasteiger partial charge in [-0.1, -0.05) is 30.3 Å². The number of allylic oxidation sites excluding steroid dienone is 3. The highest BCUT2D eigenvalue weighted by Gasteiger charge is 2.52. The summed E-state index contributed by atoms with van der Waals surface area (Å²) in [5.74, 6) is -0.178. The number of amides is 2. The molecular weight excluding hydrogens is 442 g/mol. The molecule has 1 spiro atoms. The number of Topliss-reactive ketones (excluding diaryl/α,β-unsaturated/α-hetero) is 1. The summed E-state index contributed by atoms with van der Waals surface area (Å²) in [4.78, 5) is 45.4. The fraction of sp³-hybridized carbons (Fsp3) is 0.222. The van der Waals surface area contributed by atoms with Gasteiger partial charge in [0.1, 0.15) is 11.5 Å². The second-order valence-electron chi connectivity index (χ2n) is 8.86. The van der Waals surface area contributed by atoms with E-state index in [2.05, 4.69) is 20.6 Å². The molecule has 1 atom stereocenters. The Labute approximate surface area is 202 Å². The van der Waals surface area contributed by atoms with Crippen LogP contribution in [-0.2, 0) is 15.0 Å². The molecule has 3 aromatic rings. The standard InChI is InChI=1S/C27H25N5O3/c1-2-16-13-27(20-7-5-10-29-24(20)32-26(27)35)14-17(16)12-21(28)25(34)30-11-9-23(33)19-15-31-22-8-4-3-6-18(19)22/h2-8,10,12,15,28,31H,9,11,13-14H2,1H3,(H,30,34)(H,29,32,35)/b16-2-,17-12-,28-21?. The number of rotatable bonds is 6. The number of fused-ring (bicyclic) bond motifs is 3. The van der Waals surface area contributed by atoms with Crippen LogP contribution in [0.2, 0.25) is 0 Å². The molecule has 176 valence electrons. The third kappa shape index (κ3) is 3.86. The van der Waals surface area contributed by atoms with E-state index in [1.165, 1.54) is 6.08 Å². The zero-order valence-corrected chi connectivity index (χ0v) is 19.3. The number of ketones is 1. The first-order valence-corrected chi connectivity index (χ1v) is 11.5. The number of aromatic nitrogens is 2. The molecule has 0 bridgehead atoms. The van der Waals surface area contributed by atoms with Gasteiger partial charge in [0.05, 0.1) is 5.41 Å². The first kappa shape index (κ1) is 22.5. The molecule has 1 aliphatic heterocycles. The van der Waals surface area contributed by atoms with Crippen molar-refractivity contribution in [3.8, 4) is 0 Å². The summed E-state index contributed by atoms with van der Waals surface area (Å²) in [6.07, 6.45) is 7.80. The minimum atomic E-state index is -0.764. The lowest BCUT2D eigenvalue weighted by molar-refractivity contribution is -0.120. The Morgan fingerprint density at radius 3 is 2.80 bits per heavy atom. The number of carbonyl (C=O) groups excluding carboxylic acids is 3. The molecular formula is C27H25N5O3. The van der Waals surface area contributed by atoms with E-state index in [0.29, 0.717) is 24.2 Å². The number of hydrogen-bond acceptors (Lipinski definition) is 5. The predicted octanol–water partition coefficient (Wildman–Crippen LogP) is 3.83. The van der Waals surface area contributed by atoms with Crippen molar-refractivity contribution in [2.75, 3.05) is 11.9 Å². The highest BCUT2D eigenvalue weighted by Crippen LogP contribution is 2.52. The first-order chi connectivity index (χ1) is 16.9. The molecule has 4 N–H and O–H groups in total. The number of pyridine rings is 1. The number of benzene rings is 1. The number of hydrogen-bond donors (Lipinski definition) is 4. The van der Waals surface area contributed by atoms with Gasteiger partial charge in [0, 0.05) is 47.4 Å². The molecule has 0 saturated heterocycles. The van der Waals surface area contributed by atoms with Gasteiger partial charge < -0.3 is 15.6 Å². The number of anilines is 1. The summed E-state index contributed by atoms with van der Waals surface area (Å²) in [5, 5.41) is 14.7. The summed E-state index contributed by atoms with van der Waals surface area (Å²) in [7, 11) is 0. The van der Waals surface area contributed by atoms with Gasteiger partial charge in [0.2, 0.25) is 5.91 Å². The average Bonchev–Trinajstić information content (AvgIpc) is 3.53. The van der Waals surface area contributed by atoms with Gasteiger partial charge in [-0.3, -0.25) is 19.8 Å². The average molecular weight is 468 g/mol. The monoisotopic (exact) mass is 467 g/mol. The molecule has 1 saturated carbocycles. The van der Waals surface area contributed by atoms with Gasteiger partial charge in [-0.25, -0.2) is 4.98 Å². The molecule has 35 heavy (non-hydrogen) atoms. The van der Waals surface area contributed by atoms with Crippen molar-refractivity contribution in [2.24, 2.45) is 0 Å². The smallest absolute Gasteiger partial charge is 0.269 e. The van der Waals surface area contributed by atoms with E-state index in [1.54, 1.807) is 12.4 Å². The van der Waals surface area contributed by atoms with Gasteiger partial charge in [0.25, 0.3) is 5.91 Å². The normalized spacial score (nSPS) is 21.0. The summed E-state index contributed by atoms with van der Waals surface area (Å²) >= 11 is 0. The van der Waals surface area contributed by atoms with Gasteiger partial charge >= 0.3 is 0 Å². The highest BCUT2D eigenvalue weighted by atomic mass is 16.2. The SMILES string of the molecule is C/C=C1/CC2(C/C1=C/C(=N)C(=O)NCCC(=O)c1c[nH]c3ccccc13)C(=O)Nc1ncccc12. The Hall–Kier alpha value is -4.33. The zero-order chi connectivity index (χ0) is 24.6. The van der Waals surface area contributed by atoms with Crippen LogP contribution in [0.5, 0.6) is 0 Å². The predicted molar refractivity (Wildman–Crippen MR) is 134 cm³/mol. The van der Waals surface area contributed by atoms with E-state index < -0.39 is 11.3 Å². The van der Waals surface area contributed by atoms with E-state index in [-0.39, 0.29) is 30.4 Å². The van der Waals surface area contributed by atoms with Crippen LogP contribution in [0.25, 0.3) is 10.9 Å². The number of carbonyl (C=O) groups is 3. The highest BCUT2D eigenvalue weighted by molar-refractivity contribution is 6.42. The molecule has 2 aliphatic rings. The Bertz CT molecular complexity index is 1450. The lowest BCUT2D eigenvalue weighted by Crippen LogP contribution is -2.32. The Kier molecular flexibility index (Phi) is 5.64. The fourth-order valence-electron chi connectivity index (χ4n) is 5.02. The molecule has 1 aromatic carbocycles. The van der Waals surface area contributed by atoms with Crippen molar-refractivity contribution >= 4 is 40.0 Å². The maximum Gasteiger partial charge on any atom is 0.269 e. The second kappa shape index (κ2) is 8.79. The fourth-order valence-corrected chi connectivity index (χ4v) is 5.02. The van der Waals surface area contributed by atoms with E-state index in [4.69, 9.17) is 5.41 Å². The van der Waals surface area contributed by atoms with Crippen molar-refractivity contribution in [1.29, 1.82) is 5.41 Å². The zero-order valence-electron chi connectivity index (χ0n) is 19.3. The molecule has 1 unspecified atom stereocenters. The molecule has 3 heterocycles. The van der Waals surface area contributed by atoms with Crippen molar-refractivity contribution in [3.05, 3.63) is 83.2 Å². The Balaban J connectivity index is 1.24. The maximum atomic E-state index is 12.9. The maximum absolute atomic E-state index is 12.9. The Morgan fingerprint density at radius 2 is 1.97 bits per heavy atom. The number of para-hydroxylation sites is 1. The molecule has 1 fully saturated rings. The van der Waals surface area contributed by atoms with Crippen LogP contribution >= 0.6 is 0 Å². The summed E-state index contributed by atoms with van der Waals surface area (Å²) < 4.78 is 0. The third-order valence-corrected chi connectivity index (χ3v) is 6.83. The number of H-pyrrole nitrogens is 1. The summed E-state index contributed by atoms with van der Waals surface area (Å²) in [6.45, 7) is 2.02. The van der Waals surface area contributed by atoms with E-state index in [0.717, 1.165) is 27.6 Å². The van der Waals surface area contributed by atoms with Crippen molar-refractivity contribution in [1.82, 2.24) is 15.3 Å². The Morgan fingerprint density at radius 1 is 1.17 bits per heavy atom. The number of nitrogens with zero attached hydrogens (tertiary/aromatic N) is 1. The molecule has 2 aromatic heterocycles. The van der Waals surface area contributed by atoms with E-state index in [1.807, 2.05) is 49.4 Å². The second-order valence-corrected chi connectivity index (χ2v) is 8.86. The van der Waals surface area contributed by atoms with Crippen LogP contribution in [-0.4, -0.2) is 39.8 Å². The molecule has 2 amide bonds. The van der Waals surface area contributed by atoms with Crippen LogP contribution in [0.15, 0.2) is 72.1 Å². The van der Waals surface area contributed by atoms with Crippen LogP contribution < -0.4 is 10.6 Å². The molecule has 5 rings (SSSR count). The van der Waals surface area contributed by atoms with Gasteiger partial charge in [-0.2, -0.15) is 0 Å². The minimum Gasteiger partial charge on any atom is -0.360 e. The minimum absolute atomic E-state index is 0.0823. The number of aromatic amines is 1. The van der Waals surface area contributed by atoms with Gasteiger partial charge in [-0.15, -0.1) is 0 Å². The topological polar surface area (TPSA) is 128 Å². The quantitative estimate of drug-likeness (QED) is 0.324. The third-order valence-electron chi connectivity index (χ3n) is 6.83. The van der Waals surface area contributed by atoms with E-state index >= 15 is 0 Å². The lowest BCUT2D eigenvalue weighted by Gasteiger charge is -2.19. The molecule has 1 aliphatic carbocycles. The van der Waals surface area contributed by atoms with Crippen molar-refractivity contribution in [3.63, 3.8) is 0 Å². The number of nitrogens with one attached hydrogen (secondary N) is 4. The molecule has 0 radical (unpaired) electrons. The van der Waals surface area contributed by atoms with Crippen molar-refractivity contribution < 1.29 is 14.4 Å². The van der Waals surface area contributed by atoms with E-state index in [9.17, 15) is 14.4 Å². The van der Waals surface area contributed by atoms with Gasteiger partial charge in [0.15, 0.2) is 5.78 Å². The first-order valence-electron chi connectivity index (χ1n) is 11.5. The molecule has 8 nitrogen and oxygen atoms in total. The largest absolute Gasteiger partial charge is 0.360 e.